The van der Waals surface area contributed by atoms with Crippen molar-refractivity contribution in [1.82, 2.24) is 4.57 Å². The van der Waals surface area contributed by atoms with Gasteiger partial charge in [0, 0.05) is 25.4 Å². The minimum absolute atomic E-state index is 0.674. The molecule has 5 rings (SSSR count). The molecule has 0 radical (unpaired) electrons. The first-order chi connectivity index (χ1) is 14.1. The Bertz CT molecular complexity index is 1350. The van der Waals surface area contributed by atoms with E-state index in [1.54, 1.807) is 0 Å². The second-order valence-corrected chi connectivity index (χ2v) is 8.73. The highest BCUT2D eigenvalue weighted by Crippen LogP contribution is 2.35. The van der Waals surface area contributed by atoms with Crippen LogP contribution in [0, 0.1) is 11.3 Å². The number of fused-ring (bicyclic) bond motifs is 3. The van der Waals surface area contributed by atoms with Crippen LogP contribution in [0.2, 0.25) is 0 Å². The minimum atomic E-state index is 0.674. The first-order valence-electron chi connectivity index (χ1n) is 9.14. The van der Waals surface area contributed by atoms with E-state index >= 15 is 0 Å². The molecule has 5 aromatic rings. The number of benzene rings is 4. The van der Waals surface area contributed by atoms with Crippen molar-refractivity contribution in [3.63, 3.8) is 0 Å². The number of hydrogen-bond donors (Lipinski definition) is 0. The highest BCUT2D eigenvalue weighted by molar-refractivity contribution is 9.10. The van der Waals surface area contributed by atoms with Gasteiger partial charge in [0.05, 0.1) is 22.7 Å². The van der Waals surface area contributed by atoms with Crippen LogP contribution in [0.15, 0.2) is 93.9 Å². The van der Waals surface area contributed by atoms with Crippen molar-refractivity contribution in [2.45, 2.75) is 0 Å². The van der Waals surface area contributed by atoms with Gasteiger partial charge in [0.2, 0.25) is 0 Å². The molecule has 0 spiro atoms. The summed E-state index contributed by atoms with van der Waals surface area (Å²) < 4.78 is 4.44. The normalized spacial score (nSPS) is 11.1. The zero-order valence-electron chi connectivity index (χ0n) is 15.2. The molecule has 0 atom stereocenters. The summed E-state index contributed by atoms with van der Waals surface area (Å²) in [6, 6.07) is 31.2. The maximum atomic E-state index is 8.99. The number of rotatable bonds is 2. The molecular weight excluding hydrogens is 488 g/mol. The van der Waals surface area contributed by atoms with Gasteiger partial charge in [-0.05, 0) is 71.8 Å². The fraction of sp³-hybridized carbons (Fsp3) is 0. The monoisotopic (exact) mass is 500 g/mol. The van der Waals surface area contributed by atoms with Crippen LogP contribution in [0.5, 0.6) is 0 Å². The van der Waals surface area contributed by atoms with Gasteiger partial charge in [0.15, 0.2) is 0 Å². The molecule has 0 N–H and O–H groups in total. The largest absolute Gasteiger partial charge is 0.309 e. The lowest BCUT2D eigenvalue weighted by atomic mass is 10.0. The summed E-state index contributed by atoms with van der Waals surface area (Å²) >= 11 is 7.21. The van der Waals surface area contributed by atoms with Gasteiger partial charge < -0.3 is 4.57 Å². The van der Waals surface area contributed by atoms with Gasteiger partial charge in [-0.3, -0.25) is 0 Å². The van der Waals surface area contributed by atoms with Gasteiger partial charge in [-0.25, -0.2) is 0 Å². The number of hydrogen-bond acceptors (Lipinski definition) is 1. The van der Waals surface area contributed by atoms with Crippen molar-refractivity contribution >= 4 is 53.7 Å². The topological polar surface area (TPSA) is 28.7 Å². The second-order valence-electron chi connectivity index (χ2n) is 6.89. The summed E-state index contributed by atoms with van der Waals surface area (Å²) in [5.74, 6) is 0. The molecule has 0 saturated heterocycles. The van der Waals surface area contributed by atoms with Crippen molar-refractivity contribution in [3.8, 4) is 22.9 Å². The Morgan fingerprint density at radius 2 is 1.10 bits per heavy atom. The molecule has 2 nitrogen and oxygen atoms in total. The highest BCUT2D eigenvalue weighted by Gasteiger charge is 2.13. The Hall–Kier alpha value is -2.87. The highest BCUT2D eigenvalue weighted by atomic mass is 79.9. The lowest BCUT2D eigenvalue weighted by Crippen LogP contribution is -1.93. The van der Waals surface area contributed by atoms with E-state index in [0.29, 0.717) is 5.56 Å². The van der Waals surface area contributed by atoms with Crippen LogP contribution in [-0.4, -0.2) is 4.57 Å². The maximum Gasteiger partial charge on any atom is 0.0991 e. The van der Waals surface area contributed by atoms with Gasteiger partial charge in [-0.1, -0.05) is 56.1 Å². The predicted molar refractivity (Wildman–Crippen MR) is 126 cm³/mol. The molecule has 1 heterocycles. The van der Waals surface area contributed by atoms with Gasteiger partial charge in [-0.2, -0.15) is 5.26 Å². The third-order valence-corrected chi connectivity index (χ3v) is 6.15. The minimum Gasteiger partial charge on any atom is -0.309 e. The fourth-order valence-electron chi connectivity index (χ4n) is 3.79. The number of nitrogens with zero attached hydrogens (tertiary/aromatic N) is 2. The van der Waals surface area contributed by atoms with Crippen LogP contribution in [0.25, 0.3) is 38.6 Å². The molecular formula is C25H14Br2N2. The first kappa shape index (κ1) is 18.2. The molecule has 29 heavy (non-hydrogen) atoms. The van der Waals surface area contributed by atoms with E-state index in [0.717, 1.165) is 25.8 Å². The van der Waals surface area contributed by atoms with Crippen LogP contribution in [-0.2, 0) is 0 Å². The Kier molecular flexibility index (Phi) is 4.50. The zero-order valence-corrected chi connectivity index (χ0v) is 18.4. The van der Waals surface area contributed by atoms with E-state index < -0.39 is 0 Å². The van der Waals surface area contributed by atoms with Crippen molar-refractivity contribution in [2.24, 2.45) is 0 Å². The Morgan fingerprint density at radius 1 is 0.621 bits per heavy atom. The average molecular weight is 502 g/mol. The van der Waals surface area contributed by atoms with Crippen molar-refractivity contribution in [2.75, 3.05) is 0 Å². The number of halogens is 2. The van der Waals surface area contributed by atoms with Crippen LogP contribution < -0.4 is 0 Å². The molecule has 0 unspecified atom stereocenters. The van der Waals surface area contributed by atoms with Crippen molar-refractivity contribution < 1.29 is 0 Å². The molecule has 0 aliphatic carbocycles. The molecule has 0 bridgehead atoms. The summed E-state index contributed by atoms with van der Waals surface area (Å²) in [7, 11) is 0. The molecule has 1 aromatic heterocycles. The summed E-state index contributed by atoms with van der Waals surface area (Å²) in [6.07, 6.45) is 0. The first-order valence-corrected chi connectivity index (χ1v) is 10.7. The second kappa shape index (κ2) is 7.18. The molecule has 0 amide bonds. The van der Waals surface area contributed by atoms with Crippen LogP contribution in [0.3, 0.4) is 0 Å². The summed E-state index contributed by atoms with van der Waals surface area (Å²) in [5.41, 5.74) is 6.37. The van der Waals surface area contributed by atoms with E-state index in [1.807, 2.05) is 24.3 Å². The van der Waals surface area contributed by atoms with E-state index in [2.05, 4.69) is 103 Å². The van der Waals surface area contributed by atoms with Gasteiger partial charge in [0.1, 0.15) is 0 Å². The molecule has 138 valence electrons. The van der Waals surface area contributed by atoms with Gasteiger partial charge in [0.25, 0.3) is 0 Å². The van der Waals surface area contributed by atoms with E-state index in [4.69, 9.17) is 5.26 Å². The van der Waals surface area contributed by atoms with Gasteiger partial charge >= 0.3 is 0 Å². The van der Waals surface area contributed by atoms with Crippen LogP contribution in [0.1, 0.15) is 5.56 Å². The van der Waals surface area contributed by atoms with Crippen molar-refractivity contribution in [1.29, 1.82) is 5.26 Å². The lowest BCUT2D eigenvalue weighted by Gasteiger charge is -2.09. The summed E-state index contributed by atoms with van der Waals surface area (Å²) in [5, 5.41) is 11.4. The fourth-order valence-corrected chi connectivity index (χ4v) is 4.51. The molecule has 4 heteroatoms. The maximum absolute atomic E-state index is 8.99. The van der Waals surface area contributed by atoms with Crippen LogP contribution >= 0.6 is 31.9 Å². The standard InChI is InChI=1S/C25H14Br2N2/c26-19-7-11-24-22(13-19)23-14-20(27)8-12-25(23)29(24)21-9-5-18(6-10-21)17-3-1-16(15-28)2-4-17/h1-14H. The number of aromatic nitrogens is 1. The van der Waals surface area contributed by atoms with E-state index in [1.165, 1.54) is 21.8 Å². The predicted octanol–water partition coefficient (Wildman–Crippen LogP) is 7.85. The Morgan fingerprint density at radius 3 is 1.59 bits per heavy atom. The smallest absolute Gasteiger partial charge is 0.0991 e. The quantitative estimate of drug-likeness (QED) is 0.242. The number of nitriles is 1. The molecule has 0 saturated carbocycles. The Labute approximate surface area is 185 Å². The van der Waals surface area contributed by atoms with Crippen molar-refractivity contribution in [3.05, 3.63) is 99.4 Å². The zero-order chi connectivity index (χ0) is 20.0. The lowest BCUT2D eigenvalue weighted by molar-refractivity contribution is 1.18. The average Bonchev–Trinajstić information content (AvgIpc) is 3.07. The third kappa shape index (κ3) is 3.17. The molecule has 0 aliphatic rings. The third-order valence-electron chi connectivity index (χ3n) is 5.16. The van der Waals surface area contributed by atoms with E-state index in [-0.39, 0.29) is 0 Å². The van der Waals surface area contributed by atoms with Crippen LogP contribution in [0.4, 0.5) is 0 Å². The molecule has 0 aliphatic heterocycles. The summed E-state index contributed by atoms with van der Waals surface area (Å²) in [4.78, 5) is 0. The summed E-state index contributed by atoms with van der Waals surface area (Å²) in [6.45, 7) is 0. The SMILES string of the molecule is N#Cc1ccc(-c2ccc(-n3c4ccc(Br)cc4c4cc(Br)ccc43)cc2)cc1. The van der Waals surface area contributed by atoms with Gasteiger partial charge in [-0.15, -0.1) is 0 Å². The molecule has 4 aromatic carbocycles. The Balaban J connectivity index is 1.68. The molecule has 0 fully saturated rings. The van der Waals surface area contributed by atoms with E-state index in [9.17, 15) is 0 Å².